The number of rotatable bonds is 2. The maximum Gasteiger partial charge on any atom is 0.419 e. The molecule has 0 fully saturated rings. The summed E-state index contributed by atoms with van der Waals surface area (Å²) in [4.78, 5) is 11.8. The third-order valence-corrected chi connectivity index (χ3v) is 6.12. The Bertz CT molecular complexity index is 1020. The van der Waals surface area contributed by atoms with E-state index in [0.29, 0.717) is 39.5 Å². The van der Waals surface area contributed by atoms with Crippen molar-refractivity contribution in [2.75, 3.05) is 10.6 Å². The first-order valence-corrected chi connectivity index (χ1v) is 10.0. The van der Waals surface area contributed by atoms with Crippen LogP contribution < -0.4 is 10.6 Å². The largest absolute Gasteiger partial charge is 0.419 e. The molecule has 0 saturated heterocycles. The van der Waals surface area contributed by atoms with Crippen LogP contribution in [-0.2, 0) is 17.6 Å². The van der Waals surface area contributed by atoms with Gasteiger partial charge in [0.15, 0.2) is 5.60 Å². The Morgan fingerprint density at radius 2 is 1.97 bits per heavy atom. The molecule has 2 aromatic carbocycles. The number of fused-ring (bicyclic) bond motifs is 2. The number of hydrogen-bond acceptors (Lipinski definition) is 3. The summed E-state index contributed by atoms with van der Waals surface area (Å²) in [6, 6.07) is 8.25. The number of hydrogen-bond donors (Lipinski definition) is 3. The van der Waals surface area contributed by atoms with Gasteiger partial charge < -0.3 is 15.7 Å². The highest BCUT2D eigenvalue weighted by atomic mass is 35.5. The van der Waals surface area contributed by atoms with Crippen molar-refractivity contribution in [3.8, 4) is 0 Å². The van der Waals surface area contributed by atoms with Crippen LogP contribution in [0, 0.1) is 5.41 Å². The highest BCUT2D eigenvalue weighted by Crippen LogP contribution is 2.52. The van der Waals surface area contributed by atoms with Gasteiger partial charge in [0.05, 0.1) is 12.5 Å². The highest BCUT2D eigenvalue weighted by Gasteiger charge is 2.62. The number of alkyl halides is 3. The fourth-order valence-corrected chi connectivity index (χ4v) is 4.87. The van der Waals surface area contributed by atoms with E-state index in [4.69, 9.17) is 11.6 Å². The zero-order valence-corrected chi connectivity index (χ0v) is 17.3. The average Bonchev–Trinajstić information content (AvgIpc) is 2.95. The maximum absolute atomic E-state index is 14.3. The summed E-state index contributed by atoms with van der Waals surface area (Å²) in [5, 5.41) is 17.2. The Morgan fingerprint density at radius 1 is 1.23 bits per heavy atom. The van der Waals surface area contributed by atoms with Gasteiger partial charge in [0.2, 0.25) is 5.91 Å². The Morgan fingerprint density at radius 3 is 2.67 bits per heavy atom. The normalized spacial score (nSPS) is 25.2. The molecule has 0 aromatic heterocycles. The van der Waals surface area contributed by atoms with E-state index < -0.39 is 29.7 Å². The molecule has 8 heteroatoms. The van der Waals surface area contributed by atoms with Gasteiger partial charge in [-0.2, -0.15) is 13.2 Å². The molecule has 1 heterocycles. The number of carbonyl (C=O) groups is 1. The van der Waals surface area contributed by atoms with Gasteiger partial charge in [-0.1, -0.05) is 37.6 Å². The second-order valence-electron chi connectivity index (χ2n) is 8.92. The van der Waals surface area contributed by atoms with Gasteiger partial charge in [-0.05, 0) is 53.6 Å². The molecule has 0 spiro atoms. The molecular formula is C22H22ClF3N2O2. The number of anilines is 2. The van der Waals surface area contributed by atoms with E-state index in [1.807, 2.05) is 0 Å². The molecule has 4 rings (SSSR count). The molecule has 0 bridgehead atoms. The predicted octanol–water partition coefficient (Wildman–Crippen LogP) is 5.25. The van der Waals surface area contributed by atoms with Crippen molar-refractivity contribution in [3.05, 3.63) is 58.1 Å². The van der Waals surface area contributed by atoms with Crippen LogP contribution in [0.3, 0.4) is 0 Å². The molecule has 30 heavy (non-hydrogen) atoms. The molecule has 1 aliphatic carbocycles. The second-order valence-corrected chi connectivity index (χ2v) is 9.35. The van der Waals surface area contributed by atoms with Crippen LogP contribution in [0.5, 0.6) is 0 Å². The van der Waals surface area contributed by atoms with Crippen molar-refractivity contribution in [1.29, 1.82) is 0 Å². The highest BCUT2D eigenvalue weighted by molar-refractivity contribution is 6.30. The number of benzene rings is 2. The van der Waals surface area contributed by atoms with Crippen LogP contribution in [0.15, 0.2) is 36.4 Å². The Balaban J connectivity index is 1.89. The van der Waals surface area contributed by atoms with E-state index in [9.17, 15) is 23.1 Å². The van der Waals surface area contributed by atoms with Gasteiger partial charge in [-0.15, -0.1) is 0 Å². The Hall–Kier alpha value is -2.25. The zero-order valence-electron chi connectivity index (χ0n) is 16.5. The summed E-state index contributed by atoms with van der Waals surface area (Å²) < 4.78 is 43.0. The summed E-state index contributed by atoms with van der Waals surface area (Å²) in [5.41, 5.74) is -1.30. The number of amides is 1. The van der Waals surface area contributed by atoms with Gasteiger partial charge >= 0.3 is 6.18 Å². The topological polar surface area (TPSA) is 61.4 Å². The second kappa shape index (κ2) is 6.89. The van der Waals surface area contributed by atoms with Crippen molar-refractivity contribution in [2.45, 2.75) is 50.9 Å². The fourth-order valence-electron chi connectivity index (χ4n) is 4.68. The minimum absolute atomic E-state index is 0.0641. The lowest BCUT2D eigenvalue weighted by atomic mass is 9.76. The molecule has 2 aromatic rings. The fraction of sp³-hybridized carbons (Fsp3) is 0.409. The SMILES string of the molecule is CC1(C)Cc2cc(Cl)ccc2C(Nc2cccc3c2CC(=O)N3)C(O)(C(F)(F)F)C1. The van der Waals surface area contributed by atoms with E-state index in [1.165, 1.54) is 6.07 Å². The van der Waals surface area contributed by atoms with E-state index >= 15 is 0 Å². The lowest BCUT2D eigenvalue weighted by molar-refractivity contribution is -0.275. The third kappa shape index (κ3) is 3.54. The molecule has 2 atom stereocenters. The summed E-state index contributed by atoms with van der Waals surface area (Å²) in [7, 11) is 0. The molecule has 0 saturated carbocycles. The molecule has 2 unspecified atom stereocenters. The predicted molar refractivity (Wildman–Crippen MR) is 110 cm³/mol. The van der Waals surface area contributed by atoms with Crippen molar-refractivity contribution in [2.24, 2.45) is 5.41 Å². The van der Waals surface area contributed by atoms with Crippen LogP contribution in [-0.4, -0.2) is 22.8 Å². The lowest BCUT2D eigenvalue weighted by Crippen LogP contribution is -2.54. The summed E-state index contributed by atoms with van der Waals surface area (Å²) in [6.07, 6.45) is -4.96. The van der Waals surface area contributed by atoms with E-state index in [1.54, 1.807) is 44.2 Å². The minimum Gasteiger partial charge on any atom is -0.379 e. The third-order valence-electron chi connectivity index (χ3n) is 5.89. The summed E-state index contributed by atoms with van der Waals surface area (Å²) in [5.74, 6) is -0.223. The first kappa shape index (κ1) is 21.0. The molecule has 160 valence electrons. The maximum atomic E-state index is 14.3. The van der Waals surface area contributed by atoms with E-state index in [-0.39, 0.29) is 12.3 Å². The van der Waals surface area contributed by atoms with Crippen LogP contribution in [0.1, 0.15) is 43.0 Å². The first-order valence-electron chi connectivity index (χ1n) is 9.65. The number of halogens is 4. The van der Waals surface area contributed by atoms with Gasteiger partial charge in [-0.3, -0.25) is 4.79 Å². The Labute approximate surface area is 177 Å². The van der Waals surface area contributed by atoms with Crippen molar-refractivity contribution < 1.29 is 23.1 Å². The van der Waals surface area contributed by atoms with Crippen LogP contribution in [0.4, 0.5) is 24.5 Å². The lowest BCUT2D eigenvalue weighted by Gasteiger charge is -2.41. The molecule has 1 amide bonds. The van der Waals surface area contributed by atoms with Crippen LogP contribution in [0.2, 0.25) is 5.02 Å². The summed E-state index contributed by atoms with van der Waals surface area (Å²) >= 11 is 6.13. The van der Waals surface area contributed by atoms with E-state index in [2.05, 4.69) is 10.6 Å². The van der Waals surface area contributed by atoms with Crippen molar-refractivity contribution in [3.63, 3.8) is 0 Å². The number of nitrogens with one attached hydrogen (secondary N) is 2. The van der Waals surface area contributed by atoms with Gasteiger partial charge in [0, 0.05) is 22.0 Å². The monoisotopic (exact) mass is 438 g/mol. The summed E-state index contributed by atoms with van der Waals surface area (Å²) in [6.45, 7) is 3.42. The molecule has 4 nitrogen and oxygen atoms in total. The van der Waals surface area contributed by atoms with Gasteiger partial charge in [0.25, 0.3) is 0 Å². The number of aliphatic hydroxyl groups is 1. The van der Waals surface area contributed by atoms with Crippen LogP contribution >= 0.6 is 11.6 Å². The average molecular weight is 439 g/mol. The zero-order chi connectivity index (χ0) is 21.9. The molecule has 2 aliphatic rings. The Kier molecular flexibility index (Phi) is 4.82. The van der Waals surface area contributed by atoms with Crippen molar-refractivity contribution >= 4 is 28.9 Å². The molecule has 0 radical (unpaired) electrons. The van der Waals surface area contributed by atoms with Crippen LogP contribution in [0.25, 0.3) is 0 Å². The van der Waals surface area contributed by atoms with Crippen molar-refractivity contribution in [1.82, 2.24) is 0 Å². The molecular weight excluding hydrogens is 417 g/mol. The minimum atomic E-state index is -4.88. The number of carbonyl (C=O) groups excluding carboxylic acids is 1. The standard InChI is InChI=1S/C22H22ClF3N2O2/c1-20(2)10-12-8-13(23)6-7-14(12)19(21(30,11-20)22(24,25)26)28-17-5-3-4-16-15(17)9-18(29)27-16/h3-8,19,28,30H,9-11H2,1-2H3,(H,27,29). The van der Waals surface area contributed by atoms with E-state index in [0.717, 1.165) is 0 Å². The van der Waals surface area contributed by atoms with Gasteiger partial charge in [-0.25, -0.2) is 0 Å². The van der Waals surface area contributed by atoms with Gasteiger partial charge in [0.1, 0.15) is 0 Å². The first-order chi connectivity index (χ1) is 13.9. The molecule has 1 aliphatic heterocycles. The molecule has 3 N–H and O–H groups in total. The quantitative estimate of drug-likeness (QED) is 0.561. The smallest absolute Gasteiger partial charge is 0.379 e.